The van der Waals surface area contributed by atoms with E-state index >= 15 is 0 Å². The smallest absolute Gasteiger partial charge is 0.251 e. The summed E-state index contributed by atoms with van der Waals surface area (Å²) in [6, 6.07) is 11.0. The van der Waals surface area contributed by atoms with Crippen LogP contribution in [0.15, 0.2) is 36.4 Å². The molecule has 0 atom stereocenters. The van der Waals surface area contributed by atoms with Crippen molar-refractivity contribution in [2.45, 2.75) is 6.54 Å². The second-order valence-electron chi connectivity index (χ2n) is 6.31. The van der Waals surface area contributed by atoms with Crippen molar-refractivity contribution in [2.75, 3.05) is 31.3 Å². The molecule has 0 radical (unpaired) electrons. The van der Waals surface area contributed by atoms with Gasteiger partial charge in [-0.2, -0.15) is 0 Å². The van der Waals surface area contributed by atoms with Gasteiger partial charge < -0.3 is 25.0 Å². The van der Waals surface area contributed by atoms with E-state index in [9.17, 15) is 9.59 Å². The van der Waals surface area contributed by atoms with Gasteiger partial charge in [0, 0.05) is 30.9 Å². The van der Waals surface area contributed by atoms with Gasteiger partial charge in [-0.1, -0.05) is 23.7 Å². The molecule has 0 unspecified atom stereocenters. The fraction of sp³-hybridized carbons (Fsp3) is 0.263. The summed E-state index contributed by atoms with van der Waals surface area (Å²) in [5, 5.41) is 6.03. The molecule has 2 aromatic rings. The van der Waals surface area contributed by atoms with Gasteiger partial charge in [-0.05, 0) is 29.8 Å². The summed E-state index contributed by atoms with van der Waals surface area (Å²) in [7, 11) is 0. The molecule has 27 heavy (non-hydrogen) atoms. The number of carbonyl (C=O) groups excluding carboxylic acids is 2. The van der Waals surface area contributed by atoms with Gasteiger partial charge in [0.15, 0.2) is 11.5 Å². The molecule has 2 aliphatic rings. The van der Waals surface area contributed by atoms with E-state index in [4.69, 9.17) is 21.1 Å². The fourth-order valence-electron chi connectivity index (χ4n) is 3.07. The Hall–Kier alpha value is -2.93. The van der Waals surface area contributed by atoms with Gasteiger partial charge >= 0.3 is 0 Å². The molecule has 0 aliphatic carbocycles. The SMILES string of the molecule is O=C1CN(c2ccc(CNC(=O)c3cc(Cl)c4c(c3)OCO4)cc2)CCN1. The molecule has 0 bridgehead atoms. The normalized spacial score (nSPS) is 15.4. The molecular weight excluding hydrogens is 370 g/mol. The minimum absolute atomic E-state index is 0.0278. The maximum atomic E-state index is 12.4. The van der Waals surface area contributed by atoms with Crippen molar-refractivity contribution in [3.8, 4) is 11.5 Å². The minimum Gasteiger partial charge on any atom is -0.454 e. The first kappa shape index (κ1) is 17.5. The summed E-state index contributed by atoms with van der Waals surface area (Å²) < 4.78 is 10.5. The number of fused-ring (bicyclic) bond motifs is 1. The maximum absolute atomic E-state index is 12.4. The summed E-state index contributed by atoms with van der Waals surface area (Å²) >= 11 is 6.12. The lowest BCUT2D eigenvalue weighted by molar-refractivity contribution is -0.120. The van der Waals surface area contributed by atoms with Crippen LogP contribution in [0.3, 0.4) is 0 Å². The number of anilines is 1. The van der Waals surface area contributed by atoms with Crippen LogP contribution in [-0.4, -0.2) is 38.2 Å². The fourth-order valence-corrected chi connectivity index (χ4v) is 3.33. The topological polar surface area (TPSA) is 79.9 Å². The first-order valence-corrected chi connectivity index (χ1v) is 8.96. The number of halogens is 1. The molecule has 4 rings (SSSR count). The van der Waals surface area contributed by atoms with Crippen molar-refractivity contribution in [1.29, 1.82) is 0 Å². The van der Waals surface area contributed by atoms with Gasteiger partial charge in [0.25, 0.3) is 5.91 Å². The van der Waals surface area contributed by atoms with Crippen LogP contribution in [-0.2, 0) is 11.3 Å². The number of carbonyl (C=O) groups is 2. The van der Waals surface area contributed by atoms with Crippen LogP contribution in [0.5, 0.6) is 11.5 Å². The van der Waals surface area contributed by atoms with Gasteiger partial charge in [-0.3, -0.25) is 9.59 Å². The van der Waals surface area contributed by atoms with Crippen LogP contribution >= 0.6 is 11.6 Å². The third-order valence-corrected chi connectivity index (χ3v) is 4.76. The Morgan fingerprint density at radius 2 is 2.04 bits per heavy atom. The highest BCUT2D eigenvalue weighted by atomic mass is 35.5. The second kappa shape index (κ2) is 7.36. The molecule has 2 heterocycles. The summed E-state index contributed by atoms with van der Waals surface area (Å²) in [5.74, 6) is 0.727. The van der Waals surface area contributed by atoms with Crippen LogP contribution < -0.4 is 25.0 Å². The lowest BCUT2D eigenvalue weighted by Crippen LogP contribution is -2.47. The number of rotatable bonds is 4. The Morgan fingerprint density at radius 1 is 1.22 bits per heavy atom. The number of benzene rings is 2. The molecule has 1 fully saturated rings. The standard InChI is InChI=1S/C19H18ClN3O4/c20-15-7-13(8-16-18(15)27-11-26-16)19(25)22-9-12-1-3-14(4-2-12)23-6-5-21-17(24)10-23/h1-4,7-8H,5-6,9-11H2,(H,21,24)(H,22,25). The molecule has 0 aromatic heterocycles. The lowest BCUT2D eigenvalue weighted by Gasteiger charge is -2.28. The molecule has 7 nitrogen and oxygen atoms in total. The van der Waals surface area contributed by atoms with Gasteiger partial charge in [0.2, 0.25) is 12.7 Å². The first-order valence-electron chi connectivity index (χ1n) is 8.58. The van der Waals surface area contributed by atoms with Crippen LogP contribution in [0.2, 0.25) is 5.02 Å². The zero-order chi connectivity index (χ0) is 18.8. The molecule has 0 spiro atoms. The Morgan fingerprint density at radius 3 is 2.81 bits per heavy atom. The molecule has 0 saturated carbocycles. The highest BCUT2D eigenvalue weighted by molar-refractivity contribution is 6.32. The van der Waals surface area contributed by atoms with Crippen LogP contribution in [0.25, 0.3) is 0 Å². The zero-order valence-electron chi connectivity index (χ0n) is 14.5. The van der Waals surface area contributed by atoms with Gasteiger partial charge in [-0.15, -0.1) is 0 Å². The monoisotopic (exact) mass is 387 g/mol. The van der Waals surface area contributed by atoms with E-state index in [1.165, 1.54) is 0 Å². The largest absolute Gasteiger partial charge is 0.454 e. The van der Waals surface area contributed by atoms with Crippen molar-refractivity contribution < 1.29 is 19.1 Å². The third kappa shape index (κ3) is 3.78. The molecule has 2 amide bonds. The number of amides is 2. The number of nitrogens with zero attached hydrogens (tertiary/aromatic N) is 1. The van der Waals surface area contributed by atoms with E-state index < -0.39 is 0 Å². The quantitative estimate of drug-likeness (QED) is 0.838. The van der Waals surface area contributed by atoms with Crippen molar-refractivity contribution in [3.05, 3.63) is 52.5 Å². The highest BCUT2D eigenvalue weighted by Crippen LogP contribution is 2.39. The van der Waals surface area contributed by atoms with Gasteiger partial charge in [0.05, 0.1) is 11.6 Å². The average Bonchev–Trinajstić information content (AvgIpc) is 3.16. The van der Waals surface area contributed by atoms with Crippen LogP contribution in [0.4, 0.5) is 5.69 Å². The highest BCUT2D eigenvalue weighted by Gasteiger charge is 2.21. The zero-order valence-corrected chi connectivity index (χ0v) is 15.2. The summed E-state index contributed by atoms with van der Waals surface area (Å²) in [4.78, 5) is 25.9. The van der Waals surface area contributed by atoms with E-state index in [2.05, 4.69) is 10.6 Å². The van der Waals surface area contributed by atoms with Crippen LogP contribution in [0, 0.1) is 0 Å². The van der Waals surface area contributed by atoms with Crippen molar-refractivity contribution in [1.82, 2.24) is 10.6 Å². The molecule has 2 aromatic carbocycles. The number of nitrogens with one attached hydrogen (secondary N) is 2. The second-order valence-corrected chi connectivity index (χ2v) is 6.72. The number of ether oxygens (including phenoxy) is 2. The van der Waals surface area contributed by atoms with E-state index in [1.54, 1.807) is 12.1 Å². The van der Waals surface area contributed by atoms with Gasteiger partial charge in [0.1, 0.15) is 0 Å². The number of hydrogen-bond acceptors (Lipinski definition) is 5. The minimum atomic E-state index is -0.244. The van der Waals surface area contributed by atoms with Crippen molar-refractivity contribution in [3.63, 3.8) is 0 Å². The lowest BCUT2D eigenvalue weighted by atomic mass is 10.1. The van der Waals surface area contributed by atoms with Crippen LogP contribution in [0.1, 0.15) is 15.9 Å². The summed E-state index contributed by atoms with van der Waals surface area (Å²) in [5.41, 5.74) is 2.36. The van der Waals surface area contributed by atoms with Crippen molar-refractivity contribution in [2.24, 2.45) is 0 Å². The molecule has 8 heteroatoms. The Labute approximate surface area is 161 Å². The van der Waals surface area contributed by atoms with E-state index in [0.717, 1.165) is 17.8 Å². The predicted molar refractivity (Wildman–Crippen MR) is 100 cm³/mol. The average molecular weight is 388 g/mol. The Bertz CT molecular complexity index is 885. The molecule has 140 valence electrons. The Kier molecular flexibility index (Phi) is 4.77. The maximum Gasteiger partial charge on any atom is 0.251 e. The predicted octanol–water partition coefficient (Wildman–Crippen LogP) is 1.93. The third-order valence-electron chi connectivity index (χ3n) is 4.48. The van der Waals surface area contributed by atoms with E-state index in [-0.39, 0.29) is 18.6 Å². The Balaban J connectivity index is 1.38. The molecule has 2 aliphatic heterocycles. The molecular formula is C19H18ClN3O4. The molecule has 1 saturated heterocycles. The summed E-state index contributed by atoms with van der Waals surface area (Å²) in [6.45, 7) is 2.28. The number of hydrogen-bond donors (Lipinski definition) is 2. The summed E-state index contributed by atoms with van der Waals surface area (Å²) in [6.07, 6.45) is 0. The van der Waals surface area contributed by atoms with E-state index in [0.29, 0.717) is 41.7 Å². The first-order chi connectivity index (χ1) is 13.1. The number of piperazine rings is 1. The van der Waals surface area contributed by atoms with Gasteiger partial charge in [-0.25, -0.2) is 0 Å². The van der Waals surface area contributed by atoms with E-state index in [1.807, 2.05) is 29.2 Å². The van der Waals surface area contributed by atoms with Crippen molar-refractivity contribution >= 4 is 29.1 Å². The molecule has 2 N–H and O–H groups in total.